The summed E-state index contributed by atoms with van der Waals surface area (Å²) in [6.07, 6.45) is 1.52. The number of anilines is 1. The molecule has 3 heterocycles. The molecule has 0 radical (unpaired) electrons. The van der Waals surface area contributed by atoms with Crippen molar-refractivity contribution in [3.63, 3.8) is 0 Å². The van der Waals surface area contributed by atoms with Crippen LogP contribution in [0.1, 0.15) is 37.0 Å². The van der Waals surface area contributed by atoms with Gasteiger partial charge in [0.2, 0.25) is 0 Å². The third-order valence-corrected chi connectivity index (χ3v) is 4.93. The minimum Gasteiger partial charge on any atom is -0.354 e. The average Bonchev–Trinajstić information content (AvgIpc) is 2.66. The van der Waals surface area contributed by atoms with Crippen molar-refractivity contribution >= 4 is 22.8 Å². The molecular weight excluding hydrogens is 352 g/mol. The fourth-order valence-electron chi connectivity index (χ4n) is 3.17. The molecule has 28 heavy (non-hydrogen) atoms. The summed E-state index contributed by atoms with van der Waals surface area (Å²) in [7, 11) is 0. The summed E-state index contributed by atoms with van der Waals surface area (Å²) >= 11 is 0. The molecule has 0 aliphatic carbocycles. The summed E-state index contributed by atoms with van der Waals surface area (Å²) in [5, 5.41) is 11.6. The quantitative estimate of drug-likeness (QED) is 0.753. The molecule has 7 nitrogen and oxygen atoms in total. The highest BCUT2D eigenvalue weighted by Gasteiger charge is 2.29. The summed E-state index contributed by atoms with van der Waals surface area (Å²) in [6.45, 7) is 8.69. The molecule has 7 heteroatoms. The van der Waals surface area contributed by atoms with E-state index < -0.39 is 0 Å². The van der Waals surface area contributed by atoms with Gasteiger partial charge in [-0.05, 0) is 24.3 Å². The number of hydrogen-bond acceptors (Lipinski definition) is 6. The zero-order chi connectivity index (χ0) is 19.7. The highest BCUT2D eigenvalue weighted by atomic mass is 16.1. The smallest absolute Gasteiger partial charge is 0.271 e. The third kappa shape index (κ3) is 3.78. The molecular formula is C21H24N6O. The number of rotatable bonds is 4. The largest absolute Gasteiger partial charge is 0.354 e. The van der Waals surface area contributed by atoms with E-state index in [9.17, 15) is 4.79 Å². The monoisotopic (exact) mass is 376 g/mol. The minimum absolute atomic E-state index is 0.00104. The molecule has 1 amide bonds. The lowest BCUT2D eigenvalue weighted by Crippen LogP contribution is -2.52. The van der Waals surface area contributed by atoms with Gasteiger partial charge in [0.25, 0.3) is 5.91 Å². The van der Waals surface area contributed by atoms with Gasteiger partial charge in [-0.15, -0.1) is 5.10 Å². The lowest BCUT2D eigenvalue weighted by molar-refractivity contribution is 0.0939. The van der Waals surface area contributed by atoms with Crippen molar-refractivity contribution in [3.05, 3.63) is 54.0 Å². The summed E-state index contributed by atoms with van der Waals surface area (Å²) in [5.41, 5.74) is 2.84. The van der Waals surface area contributed by atoms with E-state index in [1.54, 1.807) is 0 Å². The lowest BCUT2D eigenvalue weighted by atomic mass is 9.92. The van der Waals surface area contributed by atoms with E-state index >= 15 is 0 Å². The van der Waals surface area contributed by atoms with Crippen molar-refractivity contribution in [2.24, 2.45) is 5.92 Å². The first kappa shape index (κ1) is 18.3. The van der Waals surface area contributed by atoms with Crippen molar-refractivity contribution in [2.75, 3.05) is 24.5 Å². The Labute approximate surface area is 164 Å². The lowest BCUT2D eigenvalue weighted by Gasteiger charge is -2.40. The van der Waals surface area contributed by atoms with E-state index in [0.29, 0.717) is 18.2 Å². The van der Waals surface area contributed by atoms with Gasteiger partial charge in [-0.25, -0.2) is 4.98 Å². The molecule has 3 aromatic rings. The molecule has 1 N–H and O–H groups in total. The van der Waals surface area contributed by atoms with E-state index in [4.69, 9.17) is 0 Å². The number of aromatic nitrogens is 4. The predicted octanol–water partition coefficient (Wildman–Crippen LogP) is 2.58. The number of para-hydroxylation sites is 2. The number of carbonyl (C=O) groups excluding carboxylic acids is 1. The summed E-state index contributed by atoms with van der Waals surface area (Å²) in [6, 6.07) is 11.6. The van der Waals surface area contributed by atoms with Gasteiger partial charge in [0.1, 0.15) is 5.69 Å². The van der Waals surface area contributed by atoms with Crippen LogP contribution in [0.3, 0.4) is 0 Å². The molecule has 144 valence electrons. The van der Waals surface area contributed by atoms with Gasteiger partial charge in [-0.1, -0.05) is 32.9 Å². The minimum atomic E-state index is -0.189. The zero-order valence-electron chi connectivity index (χ0n) is 16.4. The first-order chi connectivity index (χ1) is 13.4. The van der Waals surface area contributed by atoms with Gasteiger partial charge in [-0.3, -0.25) is 9.78 Å². The topological polar surface area (TPSA) is 83.9 Å². The molecule has 0 bridgehead atoms. The highest BCUT2D eigenvalue weighted by molar-refractivity contribution is 5.93. The van der Waals surface area contributed by atoms with Crippen molar-refractivity contribution in [3.8, 4) is 0 Å². The number of hydrogen-bond donors (Lipinski definition) is 1. The second kappa shape index (κ2) is 7.14. The van der Waals surface area contributed by atoms with E-state index in [1.165, 1.54) is 6.20 Å². The van der Waals surface area contributed by atoms with Gasteiger partial charge in [0.05, 0.1) is 22.9 Å². The van der Waals surface area contributed by atoms with Crippen LogP contribution in [0, 0.1) is 5.92 Å². The molecule has 0 saturated carbocycles. The molecule has 1 saturated heterocycles. The summed E-state index contributed by atoms with van der Waals surface area (Å²) < 4.78 is 0. The van der Waals surface area contributed by atoms with Crippen molar-refractivity contribution in [1.29, 1.82) is 0 Å². The van der Waals surface area contributed by atoms with Crippen LogP contribution in [0.5, 0.6) is 0 Å². The summed E-state index contributed by atoms with van der Waals surface area (Å²) in [5.74, 6) is 1.09. The molecule has 1 aromatic carbocycles. The number of nitrogens with one attached hydrogen (secondary N) is 1. The van der Waals surface area contributed by atoms with Crippen LogP contribution in [0.25, 0.3) is 11.0 Å². The number of benzene rings is 1. The SMILES string of the molecule is CC(C)(C)c1ccc(N2CC(CNC(=O)c3cnc4ccccc4n3)C2)nn1. The van der Waals surface area contributed by atoms with Crippen molar-refractivity contribution in [2.45, 2.75) is 26.2 Å². The van der Waals surface area contributed by atoms with Crippen LogP contribution in [-0.4, -0.2) is 45.7 Å². The third-order valence-electron chi connectivity index (χ3n) is 4.93. The number of carbonyl (C=O) groups is 1. The van der Waals surface area contributed by atoms with Gasteiger partial charge < -0.3 is 10.2 Å². The Morgan fingerprint density at radius 2 is 1.86 bits per heavy atom. The molecule has 1 fully saturated rings. The maximum atomic E-state index is 12.4. The zero-order valence-corrected chi connectivity index (χ0v) is 16.4. The maximum absolute atomic E-state index is 12.4. The standard InChI is InChI=1S/C21H24N6O/c1-21(2,3)18-8-9-19(26-25-18)27-12-14(13-27)10-23-20(28)17-11-22-15-6-4-5-7-16(15)24-17/h4-9,11,14H,10,12-13H2,1-3H3,(H,23,28). The number of nitrogens with zero attached hydrogens (tertiary/aromatic N) is 5. The second-order valence-electron chi connectivity index (χ2n) is 8.25. The van der Waals surface area contributed by atoms with Crippen LogP contribution in [0.4, 0.5) is 5.82 Å². The van der Waals surface area contributed by atoms with E-state index in [2.05, 4.69) is 51.2 Å². The first-order valence-corrected chi connectivity index (χ1v) is 9.49. The average molecular weight is 376 g/mol. The molecule has 2 aromatic heterocycles. The Bertz CT molecular complexity index is 990. The normalized spacial score (nSPS) is 14.8. The van der Waals surface area contributed by atoms with Crippen LogP contribution >= 0.6 is 0 Å². The maximum Gasteiger partial charge on any atom is 0.271 e. The predicted molar refractivity (Wildman–Crippen MR) is 108 cm³/mol. The molecule has 0 atom stereocenters. The Hall–Kier alpha value is -3.09. The second-order valence-corrected chi connectivity index (χ2v) is 8.25. The van der Waals surface area contributed by atoms with Crippen molar-refractivity contribution in [1.82, 2.24) is 25.5 Å². The molecule has 4 rings (SSSR count). The van der Waals surface area contributed by atoms with Gasteiger partial charge >= 0.3 is 0 Å². The van der Waals surface area contributed by atoms with Crippen LogP contribution in [0.15, 0.2) is 42.6 Å². The molecule has 0 unspecified atom stereocenters. The van der Waals surface area contributed by atoms with Gasteiger partial charge in [0.15, 0.2) is 5.82 Å². The van der Waals surface area contributed by atoms with Crippen molar-refractivity contribution < 1.29 is 4.79 Å². The van der Waals surface area contributed by atoms with E-state index in [-0.39, 0.29) is 11.3 Å². The van der Waals surface area contributed by atoms with E-state index in [0.717, 1.165) is 35.6 Å². The Morgan fingerprint density at radius 3 is 2.54 bits per heavy atom. The highest BCUT2D eigenvalue weighted by Crippen LogP contribution is 2.24. The van der Waals surface area contributed by atoms with Crippen LogP contribution in [-0.2, 0) is 5.41 Å². The molecule has 1 aliphatic rings. The molecule has 0 spiro atoms. The molecule has 1 aliphatic heterocycles. The fourth-order valence-corrected chi connectivity index (χ4v) is 3.17. The number of fused-ring (bicyclic) bond motifs is 1. The van der Waals surface area contributed by atoms with Gasteiger partial charge in [0, 0.05) is 31.0 Å². The Morgan fingerprint density at radius 1 is 1.11 bits per heavy atom. The first-order valence-electron chi connectivity index (χ1n) is 9.49. The van der Waals surface area contributed by atoms with E-state index in [1.807, 2.05) is 36.4 Å². The van der Waals surface area contributed by atoms with Crippen LogP contribution in [0.2, 0.25) is 0 Å². The van der Waals surface area contributed by atoms with Gasteiger partial charge in [-0.2, -0.15) is 5.10 Å². The summed E-state index contributed by atoms with van der Waals surface area (Å²) in [4.78, 5) is 23.2. The Kier molecular flexibility index (Phi) is 4.66. The Balaban J connectivity index is 1.29. The fraction of sp³-hybridized carbons (Fsp3) is 0.381. The van der Waals surface area contributed by atoms with Crippen LogP contribution < -0.4 is 10.2 Å². The number of amides is 1.